The lowest BCUT2D eigenvalue weighted by Gasteiger charge is -2.09. The van der Waals surface area contributed by atoms with Crippen molar-refractivity contribution in [2.45, 2.75) is 40.7 Å². The second-order valence-electron chi connectivity index (χ2n) is 4.72. The van der Waals surface area contributed by atoms with E-state index in [1.54, 1.807) is 13.8 Å². The molecular weight excluding hydrogens is 246 g/mol. The number of hydrogen-bond acceptors (Lipinski definition) is 3. The number of aryl methyl sites for hydroxylation is 2. The van der Waals surface area contributed by atoms with Crippen molar-refractivity contribution in [3.05, 3.63) is 17.0 Å². The number of carbonyl (C=O) groups excluding carboxylic acids is 1. The van der Waals surface area contributed by atoms with Gasteiger partial charge >= 0.3 is 5.97 Å². The molecule has 6 heteroatoms. The highest BCUT2D eigenvalue weighted by Gasteiger charge is 2.19. The van der Waals surface area contributed by atoms with Crippen LogP contribution in [0.2, 0.25) is 0 Å². The van der Waals surface area contributed by atoms with E-state index in [0.717, 1.165) is 18.7 Å². The molecule has 106 valence electrons. The van der Waals surface area contributed by atoms with E-state index in [1.807, 2.05) is 18.5 Å². The van der Waals surface area contributed by atoms with Gasteiger partial charge in [0, 0.05) is 18.8 Å². The van der Waals surface area contributed by atoms with E-state index in [2.05, 4.69) is 10.4 Å². The average molecular weight is 267 g/mol. The summed E-state index contributed by atoms with van der Waals surface area (Å²) in [5, 5.41) is 15.7. The summed E-state index contributed by atoms with van der Waals surface area (Å²) in [4.78, 5) is 22.8. The SMILES string of the molecule is CCCn1nc(C)c(C(=O)NC[C@H](C)C(=O)O)c1C. The number of nitrogens with zero attached hydrogens (tertiary/aromatic N) is 2. The number of amides is 1. The molecule has 1 rings (SSSR count). The molecule has 0 saturated heterocycles. The molecule has 0 saturated carbocycles. The zero-order chi connectivity index (χ0) is 14.6. The third-order valence-corrected chi connectivity index (χ3v) is 3.03. The van der Waals surface area contributed by atoms with Crippen LogP contribution < -0.4 is 5.32 Å². The van der Waals surface area contributed by atoms with Crippen molar-refractivity contribution >= 4 is 11.9 Å². The Kier molecular flexibility index (Phi) is 5.09. The summed E-state index contributed by atoms with van der Waals surface area (Å²) >= 11 is 0. The fourth-order valence-electron chi connectivity index (χ4n) is 1.88. The quantitative estimate of drug-likeness (QED) is 0.815. The fraction of sp³-hybridized carbons (Fsp3) is 0.615. The topological polar surface area (TPSA) is 84.2 Å². The van der Waals surface area contributed by atoms with Gasteiger partial charge in [-0.3, -0.25) is 14.3 Å². The number of rotatable bonds is 6. The number of hydrogen-bond donors (Lipinski definition) is 2. The highest BCUT2D eigenvalue weighted by Crippen LogP contribution is 2.13. The maximum Gasteiger partial charge on any atom is 0.308 e. The first-order chi connectivity index (χ1) is 8.88. The average Bonchev–Trinajstić information content (AvgIpc) is 2.61. The first-order valence-electron chi connectivity index (χ1n) is 6.43. The number of nitrogens with one attached hydrogen (secondary N) is 1. The van der Waals surface area contributed by atoms with Crippen LogP contribution in [-0.2, 0) is 11.3 Å². The van der Waals surface area contributed by atoms with Crippen LogP contribution >= 0.6 is 0 Å². The maximum absolute atomic E-state index is 12.1. The van der Waals surface area contributed by atoms with E-state index in [1.165, 1.54) is 0 Å². The Labute approximate surface area is 112 Å². The van der Waals surface area contributed by atoms with Crippen LogP contribution in [-0.4, -0.2) is 33.3 Å². The third-order valence-electron chi connectivity index (χ3n) is 3.03. The van der Waals surface area contributed by atoms with Gasteiger partial charge in [-0.2, -0.15) is 5.10 Å². The summed E-state index contributed by atoms with van der Waals surface area (Å²) in [7, 11) is 0. The molecule has 1 aromatic heterocycles. The smallest absolute Gasteiger partial charge is 0.308 e. The second kappa shape index (κ2) is 6.36. The summed E-state index contributed by atoms with van der Waals surface area (Å²) in [6.07, 6.45) is 0.944. The largest absolute Gasteiger partial charge is 0.481 e. The molecule has 0 radical (unpaired) electrons. The monoisotopic (exact) mass is 267 g/mol. The van der Waals surface area contributed by atoms with E-state index in [9.17, 15) is 9.59 Å². The molecule has 1 atom stereocenters. The minimum Gasteiger partial charge on any atom is -0.481 e. The first kappa shape index (κ1) is 15.2. The summed E-state index contributed by atoms with van der Waals surface area (Å²) in [6, 6.07) is 0. The number of carboxylic acid groups (broad SMARTS) is 1. The second-order valence-corrected chi connectivity index (χ2v) is 4.72. The van der Waals surface area contributed by atoms with Crippen LogP contribution in [0.4, 0.5) is 0 Å². The molecule has 0 fully saturated rings. The van der Waals surface area contributed by atoms with E-state index < -0.39 is 11.9 Å². The van der Waals surface area contributed by atoms with Crippen molar-refractivity contribution < 1.29 is 14.7 Å². The Balaban J connectivity index is 2.80. The Morgan fingerprint density at radius 2 is 2.05 bits per heavy atom. The Hall–Kier alpha value is -1.85. The molecule has 0 aliphatic rings. The van der Waals surface area contributed by atoms with E-state index >= 15 is 0 Å². The molecule has 0 unspecified atom stereocenters. The molecule has 0 aliphatic heterocycles. The van der Waals surface area contributed by atoms with Crippen molar-refractivity contribution in [1.29, 1.82) is 0 Å². The first-order valence-corrected chi connectivity index (χ1v) is 6.43. The van der Waals surface area contributed by atoms with E-state index in [4.69, 9.17) is 5.11 Å². The molecular formula is C13H21N3O3. The van der Waals surface area contributed by atoms with Gasteiger partial charge in [-0.1, -0.05) is 13.8 Å². The lowest BCUT2D eigenvalue weighted by atomic mass is 10.1. The van der Waals surface area contributed by atoms with Crippen LogP contribution in [0.5, 0.6) is 0 Å². The summed E-state index contributed by atoms with van der Waals surface area (Å²) < 4.78 is 1.81. The third kappa shape index (κ3) is 3.56. The minimum absolute atomic E-state index is 0.117. The fourth-order valence-corrected chi connectivity index (χ4v) is 1.88. The molecule has 6 nitrogen and oxygen atoms in total. The molecule has 2 N–H and O–H groups in total. The number of aromatic nitrogens is 2. The van der Waals surface area contributed by atoms with Crippen molar-refractivity contribution in [2.24, 2.45) is 5.92 Å². The minimum atomic E-state index is -0.921. The molecule has 0 aliphatic carbocycles. The molecule has 0 aromatic carbocycles. The van der Waals surface area contributed by atoms with Crippen LogP contribution in [0.15, 0.2) is 0 Å². The van der Waals surface area contributed by atoms with Gasteiger partial charge in [0.25, 0.3) is 5.91 Å². The predicted octanol–water partition coefficient (Wildman–Crippen LogP) is 1.36. The zero-order valence-electron chi connectivity index (χ0n) is 11.9. The lowest BCUT2D eigenvalue weighted by molar-refractivity contribution is -0.140. The van der Waals surface area contributed by atoms with E-state index in [0.29, 0.717) is 11.3 Å². The van der Waals surface area contributed by atoms with Crippen LogP contribution in [0.3, 0.4) is 0 Å². The summed E-state index contributed by atoms with van der Waals surface area (Å²) in [5.41, 5.74) is 2.04. The number of carboxylic acids is 1. The van der Waals surface area contributed by atoms with Crippen molar-refractivity contribution in [3.63, 3.8) is 0 Å². The standard InChI is InChI=1S/C13H21N3O3/c1-5-6-16-10(4)11(9(3)15-16)12(17)14-7-8(2)13(18)19/h8H,5-7H2,1-4H3,(H,14,17)(H,18,19)/t8-/m0/s1. The Morgan fingerprint density at radius 1 is 1.42 bits per heavy atom. The van der Waals surface area contributed by atoms with Gasteiger partial charge in [0.15, 0.2) is 0 Å². The normalized spacial score (nSPS) is 12.2. The van der Waals surface area contributed by atoms with Crippen LogP contribution in [0.1, 0.15) is 42.0 Å². The molecule has 1 aromatic rings. The lowest BCUT2D eigenvalue weighted by Crippen LogP contribution is -2.32. The van der Waals surface area contributed by atoms with Gasteiger partial charge in [-0.15, -0.1) is 0 Å². The van der Waals surface area contributed by atoms with E-state index in [-0.39, 0.29) is 12.5 Å². The molecule has 1 heterocycles. The highest BCUT2D eigenvalue weighted by atomic mass is 16.4. The van der Waals surface area contributed by atoms with Crippen LogP contribution in [0, 0.1) is 19.8 Å². The van der Waals surface area contributed by atoms with Gasteiger partial charge < -0.3 is 10.4 Å². The Bertz CT molecular complexity index is 480. The number of aliphatic carboxylic acids is 1. The van der Waals surface area contributed by atoms with Gasteiger partial charge in [-0.25, -0.2) is 0 Å². The van der Waals surface area contributed by atoms with Gasteiger partial charge in [0.1, 0.15) is 0 Å². The molecule has 0 bridgehead atoms. The van der Waals surface area contributed by atoms with Gasteiger partial charge in [0.2, 0.25) is 0 Å². The van der Waals surface area contributed by atoms with Crippen molar-refractivity contribution in [1.82, 2.24) is 15.1 Å². The van der Waals surface area contributed by atoms with Gasteiger partial charge in [0.05, 0.1) is 17.2 Å². The Morgan fingerprint density at radius 3 is 2.58 bits per heavy atom. The van der Waals surface area contributed by atoms with Gasteiger partial charge in [-0.05, 0) is 20.3 Å². The zero-order valence-corrected chi connectivity index (χ0v) is 11.9. The molecule has 19 heavy (non-hydrogen) atoms. The molecule has 1 amide bonds. The van der Waals surface area contributed by atoms with Crippen molar-refractivity contribution in [2.75, 3.05) is 6.54 Å². The highest BCUT2D eigenvalue weighted by molar-refractivity contribution is 5.96. The molecule has 0 spiro atoms. The summed E-state index contributed by atoms with van der Waals surface area (Å²) in [5.74, 6) is -1.78. The predicted molar refractivity (Wildman–Crippen MR) is 71.1 cm³/mol. The summed E-state index contributed by atoms with van der Waals surface area (Å²) in [6.45, 7) is 8.13. The maximum atomic E-state index is 12.1. The van der Waals surface area contributed by atoms with Crippen molar-refractivity contribution in [3.8, 4) is 0 Å². The van der Waals surface area contributed by atoms with Crippen LogP contribution in [0.25, 0.3) is 0 Å². The number of carbonyl (C=O) groups is 2.